The lowest BCUT2D eigenvalue weighted by Crippen LogP contribution is -2.06. The molecule has 0 aliphatic heterocycles. The Hall–Kier alpha value is -2.12. The van der Waals surface area contributed by atoms with Gasteiger partial charge in [0.15, 0.2) is 0 Å². The highest BCUT2D eigenvalue weighted by molar-refractivity contribution is 5.38. The quantitative estimate of drug-likeness (QED) is 0.877. The Morgan fingerprint density at radius 3 is 2.71 bits per heavy atom. The maximum absolute atomic E-state index is 13.6. The van der Waals surface area contributed by atoms with Crippen LogP contribution >= 0.6 is 0 Å². The molecule has 1 heterocycles. The van der Waals surface area contributed by atoms with Gasteiger partial charge in [0.2, 0.25) is 0 Å². The molecule has 0 aliphatic rings. The molecule has 0 saturated carbocycles. The molecule has 2 aromatic rings. The van der Waals surface area contributed by atoms with Gasteiger partial charge in [-0.15, -0.1) is 0 Å². The third kappa shape index (κ3) is 3.71. The average molecular weight is 286 g/mol. The van der Waals surface area contributed by atoms with E-state index in [9.17, 15) is 4.39 Å². The smallest absolute Gasteiger partial charge is 0.138 e. The van der Waals surface area contributed by atoms with Crippen LogP contribution in [0.4, 0.5) is 4.39 Å². The van der Waals surface area contributed by atoms with Crippen LogP contribution in [0, 0.1) is 17.7 Å². The van der Waals surface area contributed by atoms with E-state index in [2.05, 4.69) is 36.9 Å². The van der Waals surface area contributed by atoms with Crippen LogP contribution in [0.1, 0.15) is 36.4 Å². The number of aliphatic hydroxyl groups is 1. The molecular formula is C17H19FN2O. The third-order valence-electron chi connectivity index (χ3n) is 3.30. The summed E-state index contributed by atoms with van der Waals surface area (Å²) in [6, 6.07) is 6.97. The molecule has 1 aromatic carbocycles. The monoisotopic (exact) mass is 286 g/mol. The van der Waals surface area contributed by atoms with Gasteiger partial charge < -0.3 is 5.11 Å². The fourth-order valence-corrected chi connectivity index (χ4v) is 2.18. The lowest BCUT2D eigenvalue weighted by atomic mass is 10.1. The Labute approximate surface area is 124 Å². The molecule has 0 atom stereocenters. The number of hydrogen-bond donors (Lipinski definition) is 1. The first-order valence-electron chi connectivity index (χ1n) is 7.11. The third-order valence-corrected chi connectivity index (χ3v) is 3.30. The lowest BCUT2D eigenvalue weighted by Gasteiger charge is -2.07. The van der Waals surface area contributed by atoms with E-state index < -0.39 is 0 Å². The number of aryl methyl sites for hydroxylation is 2. The Morgan fingerprint density at radius 1 is 1.24 bits per heavy atom. The summed E-state index contributed by atoms with van der Waals surface area (Å²) in [7, 11) is 0. The van der Waals surface area contributed by atoms with Crippen LogP contribution in [0.15, 0.2) is 24.3 Å². The number of aliphatic hydroxyl groups excluding tert-OH is 1. The van der Waals surface area contributed by atoms with Gasteiger partial charge in [0.25, 0.3) is 0 Å². The Balaban J connectivity index is 2.29. The zero-order chi connectivity index (χ0) is 15.2. The van der Waals surface area contributed by atoms with Crippen LogP contribution < -0.4 is 0 Å². The minimum Gasteiger partial charge on any atom is -0.384 e. The maximum atomic E-state index is 13.6. The minimum absolute atomic E-state index is 0.275. The number of nitrogens with zero attached hydrogens (tertiary/aromatic N) is 2. The van der Waals surface area contributed by atoms with Gasteiger partial charge in [-0.05, 0) is 36.6 Å². The number of halogens is 1. The summed E-state index contributed by atoms with van der Waals surface area (Å²) in [5.74, 6) is 4.73. The Morgan fingerprint density at radius 2 is 2.05 bits per heavy atom. The van der Waals surface area contributed by atoms with E-state index in [1.807, 2.05) is 4.68 Å². The number of hydrogen-bond acceptors (Lipinski definition) is 2. The molecule has 4 heteroatoms. The van der Waals surface area contributed by atoms with E-state index in [0.717, 1.165) is 24.1 Å². The molecule has 0 fully saturated rings. The average Bonchev–Trinajstić information content (AvgIpc) is 2.90. The standard InChI is InChI=1S/C17H19FN2O/c1-3-15-11-16(4-2)20(19-15)12-13-7-8-17(18)14(10-13)6-5-9-21/h7-8,10-11,21H,3-4,9,12H2,1-2H3. The zero-order valence-electron chi connectivity index (χ0n) is 12.4. The van der Waals surface area contributed by atoms with E-state index in [0.29, 0.717) is 12.1 Å². The molecule has 1 N–H and O–H groups in total. The topological polar surface area (TPSA) is 38.0 Å². The predicted octanol–water partition coefficient (Wildman–Crippen LogP) is 2.54. The first-order chi connectivity index (χ1) is 10.2. The van der Waals surface area contributed by atoms with Crippen LogP contribution in [0.3, 0.4) is 0 Å². The van der Waals surface area contributed by atoms with Crippen molar-refractivity contribution in [2.24, 2.45) is 0 Å². The first kappa shape index (κ1) is 15.3. The molecule has 21 heavy (non-hydrogen) atoms. The van der Waals surface area contributed by atoms with Crippen molar-refractivity contribution in [3.8, 4) is 11.8 Å². The van der Waals surface area contributed by atoms with E-state index in [1.54, 1.807) is 12.1 Å². The van der Waals surface area contributed by atoms with Crippen LogP contribution in [0.5, 0.6) is 0 Å². The van der Waals surface area contributed by atoms with Gasteiger partial charge in [-0.3, -0.25) is 4.68 Å². The van der Waals surface area contributed by atoms with Crippen molar-refractivity contribution in [2.75, 3.05) is 6.61 Å². The lowest BCUT2D eigenvalue weighted by molar-refractivity contribution is 0.350. The van der Waals surface area contributed by atoms with E-state index >= 15 is 0 Å². The summed E-state index contributed by atoms with van der Waals surface area (Å²) in [6.07, 6.45) is 1.81. The number of benzene rings is 1. The minimum atomic E-state index is -0.370. The second kappa shape index (κ2) is 7.05. The SMILES string of the molecule is CCc1cc(CC)n(Cc2ccc(F)c(C#CCO)c2)n1. The molecule has 2 rings (SSSR count). The zero-order valence-corrected chi connectivity index (χ0v) is 12.4. The van der Waals surface area contributed by atoms with Crippen molar-refractivity contribution < 1.29 is 9.50 Å². The fourth-order valence-electron chi connectivity index (χ4n) is 2.18. The molecular weight excluding hydrogens is 267 g/mol. The van der Waals surface area contributed by atoms with Crippen molar-refractivity contribution in [3.63, 3.8) is 0 Å². The van der Waals surface area contributed by atoms with Crippen molar-refractivity contribution >= 4 is 0 Å². The highest BCUT2D eigenvalue weighted by Crippen LogP contribution is 2.13. The van der Waals surface area contributed by atoms with Gasteiger partial charge in [0.1, 0.15) is 12.4 Å². The normalized spacial score (nSPS) is 10.3. The molecule has 0 spiro atoms. The van der Waals surface area contributed by atoms with Gasteiger partial charge in [0.05, 0.1) is 17.8 Å². The van der Waals surface area contributed by atoms with Gasteiger partial charge in [-0.25, -0.2) is 4.39 Å². The van der Waals surface area contributed by atoms with Crippen molar-refractivity contribution in [1.82, 2.24) is 9.78 Å². The van der Waals surface area contributed by atoms with Gasteiger partial charge in [0, 0.05) is 5.69 Å². The van der Waals surface area contributed by atoms with Crippen LogP contribution in [0.25, 0.3) is 0 Å². The molecule has 0 saturated heterocycles. The molecule has 0 bridgehead atoms. The largest absolute Gasteiger partial charge is 0.384 e. The van der Waals surface area contributed by atoms with E-state index in [-0.39, 0.29) is 12.4 Å². The van der Waals surface area contributed by atoms with Gasteiger partial charge in [-0.1, -0.05) is 31.8 Å². The van der Waals surface area contributed by atoms with Crippen LogP contribution in [-0.2, 0) is 19.4 Å². The van der Waals surface area contributed by atoms with E-state index in [4.69, 9.17) is 5.11 Å². The van der Waals surface area contributed by atoms with Crippen molar-refractivity contribution in [2.45, 2.75) is 33.2 Å². The maximum Gasteiger partial charge on any atom is 0.138 e. The second-order valence-electron chi connectivity index (χ2n) is 4.77. The summed E-state index contributed by atoms with van der Waals surface area (Å²) < 4.78 is 15.6. The Bertz CT molecular complexity index is 680. The van der Waals surface area contributed by atoms with Crippen LogP contribution in [0.2, 0.25) is 0 Å². The van der Waals surface area contributed by atoms with Crippen molar-refractivity contribution in [1.29, 1.82) is 0 Å². The molecule has 0 amide bonds. The van der Waals surface area contributed by atoms with Gasteiger partial charge >= 0.3 is 0 Å². The molecule has 0 aliphatic carbocycles. The number of rotatable bonds is 4. The summed E-state index contributed by atoms with van der Waals surface area (Å²) in [5.41, 5.74) is 3.48. The molecule has 0 radical (unpaired) electrons. The molecule has 1 aromatic heterocycles. The van der Waals surface area contributed by atoms with Crippen molar-refractivity contribution in [3.05, 3.63) is 52.6 Å². The summed E-state index contributed by atoms with van der Waals surface area (Å²) in [5, 5.41) is 13.3. The number of aromatic nitrogens is 2. The highest BCUT2D eigenvalue weighted by atomic mass is 19.1. The Kier molecular flexibility index (Phi) is 5.13. The summed E-state index contributed by atoms with van der Waals surface area (Å²) in [4.78, 5) is 0. The van der Waals surface area contributed by atoms with E-state index in [1.165, 1.54) is 11.8 Å². The second-order valence-corrected chi connectivity index (χ2v) is 4.77. The van der Waals surface area contributed by atoms with Crippen LogP contribution in [-0.4, -0.2) is 21.5 Å². The summed E-state index contributed by atoms with van der Waals surface area (Å²) in [6.45, 7) is 4.49. The fraction of sp³-hybridized carbons (Fsp3) is 0.353. The highest BCUT2D eigenvalue weighted by Gasteiger charge is 2.07. The molecule has 0 unspecified atom stereocenters. The predicted molar refractivity (Wildman–Crippen MR) is 80.4 cm³/mol. The molecule has 3 nitrogen and oxygen atoms in total. The van der Waals surface area contributed by atoms with Gasteiger partial charge in [-0.2, -0.15) is 5.10 Å². The summed E-state index contributed by atoms with van der Waals surface area (Å²) >= 11 is 0. The molecule has 110 valence electrons. The first-order valence-corrected chi connectivity index (χ1v) is 7.11.